The minimum Gasteiger partial charge on any atom is -0.356 e. The number of rotatable bonds is 0. The number of aromatic amines is 2. The Bertz CT molecular complexity index is 402. The second-order valence-electron chi connectivity index (χ2n) is 2.35. The molecule has 0 fully saturated rings. The molecule has 20 heavy (non-hydrogen) atoms. The molecule has 0 radical (unpaired) electrons. The first kappa shape index (κ1) is 18.6. The topological polar surface area (TPSA) is 250 Å². The van der Waals surface area contributed by atoms with E-state index in [0.29, 0.717) is 0 Å². The quantitative estimate of drug-likeness (QED) is 0.160. The largest absolute Gasteiger partial charge is 0.356 e. The fraction of sp³-hybridized carbons (Fsp3) is 0. The van der Waals surface area contributed by atoms with Crippen LogP contribution < -0.4 is 21.0 Å². The number of aromatic nitrogens is 6. The molecule has 0 aliphatic heterocycles. The molecule has 112 valence electrons. The van der Waals surface area contributed by atoms with E-state index in [4.69, 9.17) is 42.3 Å². The molecule has 2 aromatic heterocycles. The van der Waals surface area contributed by atoms with E-state index < -0.39 is 10.2 Å². The molecule has 0 unspecified atom stereocenters. The number of hydrogen-bond acceptors (Lipinski definition) is 10. The van der Waals surface area contributed by atoms with Gasteiger partial charge in [-0.1, -0.05) is 0 Å². The minimum absolute atomic E-state index is 1.33. The number of hydrogen-bond donors (Lipinski definition) is 4. The third kappa shape index (κ3) is 23.8. The van der Waals surface area contributed by atoms with Crippen LogP contribution in [0.15, 0.2) is 25.3 Å². The molecule has 16 nitrogen and oxygen atoms in total. The van der Waals surface area contributed by atoms with Gasteiger partial charge in [0, 0.05) is 10.2 Å². The minimum atomic E-state index is -1.75. The standard InChI is InChI=1S/2C2H4N4.2NO3/c2*3-6-1-4-5-2-6;2*2-1(3)4/h2*1-2H,3H2;;/q;;2*-1/p+2. The Labute approximate surface area is 109 Å². The maximum absolute atomic E-state index is 8.25. The maximum Gasteiger partial charge on any atom is 0.286 e. The average molecular weight is 294 g/mol. The highest BCUT2D eigenvalue weighted by molar-refractivity contribution is 4.27. The van der Waals surface area contributed by atoms with E-state index in [-0.39, 0.29) is 0 Å². The highest BCUT2D eigenvalue weighted by atomic mass is 16.9. The lowest BCUT2D eigenvalue weighted by Crippen LogP contribution is -2.41. The summed E-state index contributed by atoms with van der Waals surface area (Å²) in [5.41, 5.74) is 0. The first-order chi connectivity index (χ1) is 9.25. The fourth-order valence-corrected chi connectivity index (χ4v) is 0.467. The molecule has 0 aliphatic rings. The Hall–Kier alpha value is -3.72. The van der Waals surface area contributed by atoms with Crippen LogP contribution >= 0.6 is 0 Å². The predicted octanol–water partition coefficient (Wildman–Crippen LogP) is -3.66. The zero-order valence-corrected chi connectivity index (χ0v) is 9.60. The number of nitrogen functional groups attached to an aromatic ring is 2. The predicted molar refractivity (Wildman–Crippen MR) is 58.6 cm³/mol. The van der Waals surface area contributed by atoms with Crippen LogP contribution in [0.4, 0.5) is 0 Å². The molecule has 2 aromatic rings. The number of nitrogens with two attached hydrogens (primary N) is 2. The normalized spacial score (nSPS) is 7.60. The highest BCUT2D eigenvalue weighted by Crippen LogP contribution is 1.47. The first-order valence-corrected chi connectivity index (χ1v) is 4.19. The summed E-state index contributed by atoms with van der Waals surface area (Å²) < 4.78 is 2.67. The summed E-state index contributed by atoms with van der Waals surface area (Å²) in [4.78, 5) is 16.5. The van der Waals surface area contributed by atoms with Gasteiger partial charge in [0.2, 0.25) is 12.7 Å². The number of nitrogens with zero attached hydrogens (tertiary/aromatic N) is 6. The van der Waals surface area contributed by atoms with Gasteiger partial charge in [-0.25, -0.2) is 0 Å². The van der Waals surface area contributed by atoms with E-state index in [0.717, 1.165) is 0 Å². The second-order valence-corrected chi connectivity index (χ2v) is 2.35. The van der Waals surface area contributed by atoms with E-state index in [1.165, 1.54) is 22.0 Å². The van der Waals surface area contributed by atoms with E-state index in [2.05, 4.69) is 20.4 Å². The summed E-state index contributed by atoms with van der Waals surface area (Å²) in [5, 5.41) is 41.6. The molecule has 0 aliphatic carbocycles. The van der Waals surface area contributed by atoms with Crippen molar-refractivity contribution in [2.45, 2.75) is 0 Å². The SMILES string of the molecule is N[n+]1cn[nH]c1.N[n+]1cn[nH]c1.O=[N+]([O-])[O-].O=[N+]([O-])[O-]. The Morgan fingerprint density at radius 3 is 1.15 bits per heavy atom. The van der Waals surface area contributed by atoms with Crippen molar-refractivity contribution in [2.24, 2.45) is 0 Å². The Morgan fingerprint density at radius 1 is 0.850 bits per heavy atom. The maximum atomic E-state index is 8.25. The third-order valence-corrected chi connectivity index (χ3v) is 0.945. The third-order valence-electron chi connectivity index (χ3n) is 0.945. The van der Waals surface area contributed by atoms with Gasteiger partial charge in [-0.15, -0.1) is 19.5 Å². The number of H-pyrrole nitrogens is 2. The molecule has 0 spiro atoms. The van der Waals surface area contributed by atoms with Gasteiger partial charge in [0.25, 0.3) is 12.7 Å². The van der Waals surface area contributed by atoms with Gasteiger partial charge in [0.15, 0.2) is 0 Å². The van der Waals surface area contributed by atoms with E-state index in [9.17, 15) is 0 Å². The van der Waals surface area contributed by atoms with Crippen LogP contribution in [0.1, 0.15) is 0 Å². The van der Waals surface area contributed by atoms with Crippen molar-refractivity contribution in [2.75, 3.05) is 11.7 Å². The van der Waals surface area contributed by atoms with Crippen molar-refractivity contribution in [1.29, 1.82) is 0 Å². The van der Waals surface area contributed by atoms with Crippen LogP contribution in [0.25, 0.3) is 0 Å². The lowest BCUT2D eigenvalue weighted by atomic mass is 11.3. The molecule has 0 saturated carbocycles. The van der Waals surface area contributed by atoms with Gasteiger partial charge in [0.05, 0.1) is 10.2 Å². The molecular weight excluding hydrogens is 284 g/mol. The molecule has 2 heterocycles. The summed E-state index contributed by atoms with van der Waals surface area (Å²) in [6.07, 6.45) is 6.03. The Morgan fingerprint density at radius 2 is 1.10 bits per heavy atom. The van der Waals surface area contributed by atoms with Crippen molar-refractivity contribution < 1.29 is 19.5 Å². The molecule has 0 saturated heterocycles. The molecule has 0 aromatic carbocycles. The van der Waals surface area contributed by atoms with Crippen molar-refractivity contribution in [3.63, 3.8) is 0 Å². The summed E-state index contributed by atoms with van der Waals surface area (Å²) >= 11 is 0. The summed E-state index contributed by atoms with van der Waals surface area (Å²) in [5.74, 6) is 10.2. The lowest BCUT2D eigenvalue weighted by Gasteiger charge is -1.74. The Balaban J connectivity index is 0. The molecule has 0 atom stereocenters. The summed E-state index contributed by atoms with van der Waals surface area (Å²) in [7, 11) is 0. The lowest BCUT2D eigenvalue weighted by molar-refractivity contribution is -0.639. The second kappa shape index (κ2) is 11.8. The van der Waals surface area contributed by atoms with Crippen LogP contribution in [-0.4, -0.2) is 30.6 Å². The van der Waals surface area contributed by atoms with Gasteiger partial charge in [-0.05, 0) is 0 Å². The van der Waals surface area contributed by atoms with E-state index in [1.807, 2.05) is 0 Å². The zero-order chi connectivity index (χ0) is 16.0. The van der Waals surface area contributed by atoms with Gasteiger partial charge in [-0.3, -0.25) is 11.7 Å². The summed E-state index contributed by atoms with van der Waals surface area (Å²) in [6.45, 7) is 0. The van der Waals surface area contributed by atoms with Crippen molar-refractivity contribution >= 4 is 0 Å². The van der Waals surface area contributed by atoms with Crippen LogP contribution in [0.3, 0.4) is 0 Å². The van der Waals surface area contributed by atoms with Crippen molar-refractivity contribution in [3.8, 4) is 0 Å². The molecule has 16 heteroatoms. The van der Waals surface area contributed by atoms with Gasteiger partial charge in [0.1, 0.15) is 0 Å². The fourth-order valence-electron chi connectivity index (χ4n) is 0.467. The van der Waals surface area contributed by atoms with Crippen LogP contribution in [-0.2, 0) is 0 Å². The van der Waals surface area contributed by atoms with Gasteiger partial charge in [-0.2, -0.15) is 0 Å². The first-order valence-electron chi connectivity index (χ1n) is 4.19. The monoisotopic (exact) mass is 294 g/mol. The molecular formula is C4H10N10O6. The van der Waals surface area contributed by atoms with Crippen LogP contribution in [0.5, 0.6) is 0 Å². The van der Waals surface area contributed by atoms with Gasteiger partial charge < -0.3 is 30.6 Å². The average Bonchev–Trinajstić information content (AvgIpc) is 2.91. The Kier molecular flexibility index (Phi) is 11.0. The van der Waals surface area contributed by atoms with E-state index in [1.54, 1.807) is 12.7 Å². The van der Waals surface area contributed by atoms with Gasteiger partial charge >= 0.3 is 0 Å². The molecule has 2 rings (SSSR count). The van der Waals surface area contributed by atoms with Crippen molar-refractivity contribution in [1.82, 2.24) is 20.4 Å². The van der Waals surface area contributed by atoms with Crippen molar-refractivity contribution in [3.05, 3.63) is 56.0 Å². The smallest absolute Gasteiger partial charge is 0.286 e. The van der Waals surface area contributed by atoms with Crippen LogP contribution in [0, 0.1) is 30.6 Å². The van der Waals surface area contributed by atoms with E-state index >= 15 is 0 Å². The summed E-state index contributed by atoms with van der Waals surface area (Å²) in [6, 6.07) is 0. The zero-order valence-electron chi connectivity index (χ0n) is 9.60. The number of nitrogens with one attached hydrogen (secondary N) is 2. The molecule has 6 N–H and O–H groups in total. The highest BCUT2D eigenvalue weighted by Gasteiger charge is 1.82. The molecule has 0 bridgehead atoms. The molecule has 0 amide bonds. The van der Waals surface area contributed by atoms with Crippen LogP contribution in [0.2, 0.25) is 0 Å².